The van der Waals surface area contributed by atoms with E-state index in [-0.39, 0.29) is 12.4 Å². The Labute approximate surface area is 102 Å². The Morgan fingerprint density at radius 2 is 2.06 bits per heavy atom. The van der Waals surface area contributed by atoms with Gasteiger partial charge in [0, 0.05) is 6.07 Å². The van der Waals surface area contributed by atoms with Gasteiger partial charge in [-0.05, 0) is 18.6 Å². The van der Waals surface area contributed by atoms with Crippen molar-refractivity contribution in [2.45, 2.75) is 25.9 Å². The molecule has 0 spiro atoms. The van der Waals surface area contributed by atoms with Crippen molar-refractivity contribution in [1.29, 1.82) is 0 Å². The molecule has 0 bridgehead atoms. The molecule has 0 aliphatic heterocycles. The van der Waals surface area contributed by atoms with Crippen molar-refractivity contribution >= 4 is 5.69 Å². The first-order chi connectivity index (χ1) is 8.36. The molecule has 7 heteroatoms. The molecule has 1 aromatic rings. The molecule has 0 unspecified atom stereocenters. The second kappa shape index (κ2) is 5.70. The number of nitrogens with zero attached hydrogens (tertiary/aromatic N) is 1. The molecule has 0 aliphatic carbocycles. The molecule has 1 aromatic carbocycles. The van der Waals surface area contributed by atoms with Crippen LogP contribution in [0.2, 0.25) is 0 Å². The summed E-state index contributed by atoms with van der Waals surface area (Å²) in [6, 6.07) is 2.64. The molecule has 0 N–H and O–H groups in total. The number of hydrogen-bond acceptors (Lipinski definition) is 3. The molecule has 0 fully saturated rings. The predicted molar refractivity (Wildman–Crippen MR) is 58.5 cm³/mol. The summed E-state index contributed by atoms with van der Waals surface area (Å²) in [4.78, 5) is 9.45. The molecule has 100 valence electrons. The van der Waals surface area contributed by atoms with Crippen LogP contribution in [-0.4, -0.2) is 11.5 Å². The molecule has 0 saturated heterocycles. The Hall–Kier alpha value is -1.79. The number of nitro groups is 1. The highest BCUT2D eigenvalue weighted by Crippen LogP contribution is 2.38. The van der Waals surface area contributed by atoms with Crippen molar-refractivity contribution < 1.29 is 22.8 Å². The fourth-order valence-corrected chi connectivity index (χ4v) is 1.33. The van der Waals surface area contributed by atoms with Crippen LogP contribution in [0.3, 0.4) is 0 Å². The number of alkyl halides is 3. The normalized spacial score (nSPS) is 11.3. The molecular formula is C11H12F3NO3. The van der Waals surface area contributed by atoms with Crippen LogP contribution >= 0.6 is 0 Å². The van der Waals surface area contributed by atoms with Crippen molar-refractivity contribution in [2.24, 2.45) is 0 Å². The summed E-state index contributed by atoms with van der Waals surface area (Å²) in [5.41, 5.74) is -2.26. The average Bonchev–Trinajstić information content (AvgIpc) is 2.28. The summed E-state index contributed by atoms with van der Waals surface area (Å²) >= 11 is 0. The van der Waals surface area contributed by atoms with E-state index in [4.69, 9.17) is 4.74 Å². The summed E-state index contributed by atoms with van der Waals surface area (Å²) in [6.45, 7) is 2.20. The lowest BCUT2D eigenvalue weighted by molar-refractivity contribution is -0.388. The molecule has 1 rings (SSSR count). The quantitative estimate of drug-likeness (QED) is 0.461. The van der Waals surface area contributed by atoms with Crippen LogP contribution in [0.5, 0.6) is 5.75 Å². The van der Waals surface area contributed by atoms with Gasteiger partial charge >= 0.3 is 6.18 Å². The monoisotopic (exact) mass is 263 g/mol. The fourth-order valence-electron chi connectivity index (χ4n) is 1.33. The van der Waals surface area contributed by atoms with Crippen LogP contribution in [0.1, 0.15) is 25.3 Å². The van der Waals surface area contributed by atoms with Gasteiger partial charge in [0.05, 0.1) is 11.5 Å². The highest BCUT2D eigenvalue weighted by atomic mass is 19.4. The lowest BCUT2D eigenvalue weighted by Gasteiger charge is -2.10. The molecule has 0 heterocycles. The standard InChI is InChI=1S/C11H12F3NO3/c1-2-3-6-18-8-4-5-10(15(16)17)9(7-8)11(12,13)14/h4-5,7H,2-3,6H2,1H3. The van der Waals surface area contributed by atoms with Gasteiger partial charge in [0.15, 0.2) is 0 Å². The average molecular weight is 263 g/mol. The van der Waals surface area contributed by atoms with E-state index in [1.807, 2.05) is 6.92 Å². The van der Waals surface area contributed by atoms with Crippen LogP contribution < -0.4 is 4.74 Å². The Morgan fingerprint density at radius 1 is 1.39 bits per heavy atom. The maximum atomic E-state index is 12.6. The summed E-state index contributed by atoms with van der Waals surface area (Å²) in [5, 5.41) is 10.5. The van der Waals surface area contributed by atoms with Gasteiger partial charge in [-0.3, -0.25) is 10.1 Å². The largest absolute Gasteiger partial charge is 0.494 e. The van der Waals surface area contributed by atoms with Gasteiger partial charge in [0.25, 0.3) is 5.69 Å². The maximum Gasteiger partial charge on any atom is 0.423 e. The zero-order valence-corrected chi connectivity index (χ0v) is 9.66. The first kappa shape index (κ1) is 14.3. The van der Waals surface area contributed by atoms with Crippen LogP contribution in [0.25, 0.3) is 0 Å². The van der Waals surface area contributed by atoms with Crippen molar-refractivity contribution in [3.05, 3.63) is 33.9 Å². The molecule has 0 atom stereocenters. The third-order valence-corrected chi connectivity index (χ3v) is 2.24. The van der Waals surface area contributed by atoms with Crippen molar-refractivity contribution in [2.75, 3.05) is 6.61 Å². The van der Waals surface area contributed by atoms with E-state index in [1.54, 1.807) is 0 Å². The smallest absolute Gasteiger partial charge is 0.423 e. The molecule has 18 heavy (non-hydrogen) atoms. The van der Waals surface area contributed by atoms with Crippen LogP contribution in [0.4, 0.5) is 18.9 Å². The summed E-state index contributed by atoms with van der Waals surface area (Å²) in [5.74, 6) is -0.0126. The molecule has 0 aliphatic rings. The van der Waals surface area contributed by atoms with Gasteiger partial charge in [-0.2, -0.15) is 13.2 Å². The lowest BCUT2D eigenvalue weighted by atomic mass is 10.1. The number of halogens is 3. The number of benzene rings is 1. The Kier molecular flexibility index (Phi) is 4.52. The Balaban J connectivity index is 3.02. The minimum Gasteiger partial charge on any atom is -0.494 e. The second-order valence-electron chi connectivity index (χ2n) is 3.64. The van der Waals surface area contributed by atoms with Gasteiger partial charge in [-0.25, -0.2) is 0 Å². The topological polar surface area (TPSA) is 52.4 Å². The molecule has 4 nitrogen and oxygen atoms in total. The van der Waals surface area contributed by atoms with E-state index in [1.165, 1.54) is 6.07 Å². The number of hydrogen-bond donors (Lipinski definition) is 0. The van der Waals surface area contributed by atoms with Crippen LogP contribution in [0.15, 0.2) is 18.2 Å². The molecule has 0 amide bonds. The van der Waals surface area contributed by atoms with E-state index in [0.717, 1.165) is 12.5 Å². The first-order valence-electron chi connectivity index (χ1n) is 5.34. The zero-order chi connectivity index (χ0) is 13.8. The molecule has 0 saturated carbocycles. The third-order valence-electron chi connectivity index (χ3n) is 2.24. The summed E-state index contributed by atoms with van der Waals surface area (Å²) in [6.07, 6.45) is -3.22. The fraction of sp³-hybridized carbons (Fsp3) is 0.455. The third kappa shape index (κ3) is 3.61. The van der Waals surface area contributed by atoms with Crippen molar-refractivity contribution in [1.82, 2.24) is 0 Å². The van der Waals surface area contributed by atoms with E-state index < -0.39 is 22.4 Å². The number of unbranched alkanes of at least 4 members (excludes halogenated alkanes) is 1. The minimum absolute atomic E-state index is 0.0126. The number of nitro benzene ring substituents is 1. The number of ether oxygens (including phenoxy) is 1. The van der Waals surface area contributed by atoms with E-state index in [2.05, 4.69) is 0 Å². The summed E-state index contributed by atoms with van der Waals surface area (Å²) in [7, 11) is 0. The molecule has 0 aromatic heterocycles. The first-order valence-corrected chi connectivity index (χ1v) is 5.34. The summed E-state index contributed by atoms with van der Waals surface area (Å²) < 4.78 is 42.9. The van der Waals surface area contributed by atoms with Crippen LogP contribution in [-0.2, 0) is 6.18 Å². The highest BCUT2D eigenvalue weighted by Gasteiger charge is 2.38. The van der Waals surface area contributed by atoms with Gasteiger partial charge in [0.2, 0.25) is 0 Å². The highest BCUT2D eigenvalue weighted by molar-refractivity contribution is 5.46. The van der Waals surface area contributed by atoms with Gasteiger partial charge < -0.3 is 4.74 Å². The van der Waals surface area contributed by atoms with Gasteiger partial charge in [0.1, 0.15) is 11.3 Å². The SMILES string of the molecule is CCCCOc1ccc([N+](=O)[O-])c(C(F)(F)F)c1. The maximum absolute atomic E-state index is 12.6. The number of rotatable bonds is 5. The Bertz CT molecular complexity index is 432. The lowest BCUT2D eigenvalue weighted by Crippen LogP contribution is -2.09. The van der Waals surface area contributed by atoms with Gasteiger partial charge in [-0.1, -0.05) is 13.3 Å². The van der Waals surface area contributed by atoms with E-state index >= 15 is 0 Å². The zero-order valence-electron chi connectivity index (χ0n) is 9.66. The minimum atomic E-state index is -4.77. The van der Waals surface area contributed by atoms with E-state index in [9.17, 15) is 23.3 Å². The van der Waals surface area contributed by atoms with Gasteiger partial charge in [-0.15, -0.1) is 0 Å². The van der Waals surface area contributed by atoms with Crippen molar-refractivity contribution in [3.8, 4) is 5.75 Å². The molecule has 0 radical (unpaired) electrons. The molecular weight excluding hydrogens is 251 g/mol. The van der Waals surface area contributed by atoms with E-state index in [0.29, 0.717) is 12.5 Å². The second-order valence-corrected chi connectivity index (χ2v) is 3.64. The Morgan fingerprint density at radius 3 is 2.56 bits per heavy atom. The van der Waals surface area contributed by atoms with Crippen molar-refractivity contribution in [3.63, 3.8) is 0 Å². The van der Waals surface area contributed by atoms with Crippen LogP contribution in [0, 0.1) is 10.1 Å². The predicted octanol–water partition coefficient (Wildman–Crippen LogP) is 3.79.